The number of aromatic nitrogens is 2. The lowest BCUT2D eigenvalue weighted by atomic mass is 9.97. The summed E-state index contributed by atoms with van der Waals surface area (Å²) in [5, 5.41) is 2.61. The molecular weight excluding hydrogens is 446 g/mol. The van der Waals surface area contributed by atoms with Crippen LogP contribution in [0.25, 0.3) is 0 Å². The predicted octanol–water partition coefficient (Wildman–Crippen LogP) is 1.66. The molecule has 33 heavy (non-hydrogen) atoms. The molecule has 2 aromatic rings. The van der Waals surface area contributed by atoms with Crippen molar-refractivity contribution in [3.63, 3.8) is 0 Å². The summed E-state index contributed by atoms with van der Waals surface area (Å²) in [6.07, 6.45) is 6.24. The topological polar surface area (TPSA) is 122 Å². The smallest absolute Gasteiger partial charge is 0.309 e. The van der Waals surface area contributed by atoms with E-state index in [0.717, 1.165) is 12.8 Å². The van der Waals surface area contributed by atoms with E-state index in [4.69, 9.17) is 4.74 Å². The van der Waals surface area contributed by atoms with Crippen LogP contribution in [0.2, 0.25) is 0 Å². The molecule has 0 unspecified atom stereocenters. The Labute approximate surface area is 193 Å². The van der Waals surface area contributed by atoms with Gasteiger partial charge in [-0.05, 0) is 49.9 Å². The second-order valence-electron chi connectivity index (χ2n) is 8.11. The number of piperidine rings is 1. The molecule has 3 heterocycles. The Kier molecular flexibility index (Phi) is 7.19. The van der Waals surface area contributed by atoms with Crippen LogP contribution in [0.15, 0.2) is 47.6 Å². The van der Waals surface area contributed by atoms with Gasteiger partial charge in [0.1, 0.15) is 0 Å². The summed E-state index contributed by atoms with van der Waals surface area (Å²) in [6, 6.07) is 7.87. The number of carbonyl (C=O) groups excluding carboxylic acids is 2. The summed E-state index contributed by atoms with van der Waals surface area (Å²) in [5.74, 6) is -0.581. The average Bonchev–Trinajstić information content (AvgIpc) is 3.39. The lowest BCUT2D eigenvalue weighted by Gasteiger charge is -2.30. The standard InChI is InChI=1S/C22H27N5O5S/c28-20(25-18-5-3-6-19(15-18)33(30,31)27-11-1-2-12-27)16-32-21(29)17-7-13-26(14-8-17)22-23-9-4-10-24-22/h3-6,9-10,15,17H,1-2,7-8,11-14,16H2,(H,25,28). The summed E-state index contributed by atoms with van der Waals surface area (Å²) in [6.45, 7) is 1.85. The van der Waals surface area contributed by atoms with Crippen molar-refractivity contribution in [3.05, 3.63) is 42.7 Å². The van der Waals surface area contributed by atoms with Crippen LogP contribution in [0.4, 0.5) is 11.6 Å². The van der Waals surface area contributed by atoms with Crippen molar-refractivity contribution >= 4 is 33.5 Å². The van der Waals surface area contributed by atoms with Gasteiger partial charge in [-0.15, -0.1) is 0 Å². The van der Waals surface area contributed by atoms with Crippen LogP contribution in [-0.2, 0) is 24.3 Å². The Bertz CT molecular complexity index is 1080. The number of benzene rings is 1. The Morgan fingerprint density at radius 3 is 2.42 bits per heavy atom. The van der Waals surface area contributed by atoms with Crippen LogP contribution >= 0.6 is 0 Å². The highest BCUT2D eigenvalue weighted by Crippen LogP contribution is 2.24. The van der Waals surface area contributed by atoms with E-state index in [1.807, 2.05) is 4.90 Å². The number of amides is 1. The van der Waals surface area contributed by atoms with Gasteiger partial charge in [-0.3, -0.25) is 9.59 Å². The molecule has 0 bridgehead atoms. The zero-order chi connectivity index (χ0) is 23.3. The molecule has 0 saturated carbocycles. The number of hydrogen-bond acceptors (Lipinski definition) is 8. The summed E-state index contributed by atoms with van der Waals surface area (Å²) < 4.78 is 32.1. The number of carbonyl (C=O) groups is 2. The van der Waals surface area contributed by atoms with Crippen molar-refractivity contribution in [1.82, 2.24) is 14.3 Å². The Morgan fingerprint density at radius 1 is 1.03 bits per heavy atom. The van der Waals surface area contributed by atoms with Crippen molar-refractivity contribution in [2.45, 2.75) is 30.6 Å². The number of esters is 1. The second-order valence-corrected chi connectivity index (χ2v) is 10.0. The predicted molar refractivity (Wildman–Crippen MR) is 121 cm³/mol. The molecule has 176 valence electrons. The van der Waals surface area contributed by atoms with E-state index < -0.39 is 28.5 Å². The minimum atomic E-state index is -3.58. The molecule has 0 spiro atoms. The van der Waals surface area contributed by atoms with Crippen LogP contribution in [0, 0.1) is 5.92 Å². The lowest BCUT2D eigenvalue weighted by Crippen LogP contribution is -2.38. The van der Waals surface area contributed by atoms with Gasteiger partial charge in [-0.1, -0.05) is 6.07 Å². The fraction of sp³-hybridized carbons (Fsp3) is 0.455. The Balaban J connectivity index is 1.25. The largest absolute Gasteiger partial charge is 0.455 e. The van der Waals surface area contributed by atoms with Crippen LogP contribution in [0.5, 0.6) is 0 Å². The first-order chi connectivity index (χ1) is 15.9. The normalized spacial score (nSPS) is 17.6. The van der Waals surface area contributed by atoms with Gasteiger partial charge in [0.25, 0.3) is 5.91 Å². The summed E-state index contributed by atoms with van der Waals surface area (Å²) in [7, 11) is -3.58. The van der Waals surface area contributed by atoms with E-state index in [9.17, 15) is 18.0 Å². The second kappa shape index (κ2) is 10.3. The Hall–Kier alpha value is -3.05. The van der Waals surface area contributed by atoms with E-state index in [2.05, 4.69) is 15.3 Å². The molecule has 0 aliphatic carbocycles. The first-order valence-corrected chi connectivity index (χ1v) is 12.5. The molecule has 1 aromatic heterocycles. The molecule has 1 N–H and O–H groups in total. The maximum Gasteiger partial charge on any atom is 0.309 e. The van der Waals surface area contributed by atoms with E-state index >= 15 is 0 Å². The van der Waals surface area contributed by atoms with E-state index in [0.29, 0.717) is 50.7 Å². The van der Waals surface area contributed by atoms with Gasteiger partial charge >= 0.3 is 5.97 Å². The van der Waals surface area contributed by atoms with Crippen molar-refractivity contribution in [2.75, 3.05) is 43.0 Å². The van der Waals surface area contributed by atoms with E-state index in [1.165, 1.54) is 16.4 Å². The van der Waals surface area contributed by atoms with Gasteiger partial charge in [0.15, 0.2) is 6.61 Å². The first kappa shape index (κ1) is 23.1. The van der Waals surface area contributed by atoms with Crippen LogP contribution in [0.1, 0.15) is 25.7 Å². The molecule has 10 nitrogen and oxygen atoms in total. The summed E-state index contributed by atoms with van der Waals surface area (Å²) in [4.78, 5) is 35.3. The monoisotopic (exact) mass is 473 g/mol. The van der Waals surface area contributed by atoms with E-state index in [1.54, 1.807) is 30.6 Å². The van der Waals surface area contributed by atoms with Crippen molar-refractivity contribution in [1.29, 1.82) is 0 Å². The highest BCUT2D eigenvalue weighted by molar-refractivity contribution is 7.89. The number of sulfonamides is 1. The molecule has 2 aliphatic heterocycles. The Morgan fingerprint density at radius 2 is 1.73 bits per heavy atom. The SMILES string of the molecule is O=C(COC(=O)C1CCN(c2ncccn2)CC1)Nc1cccc(S(=O)(=O)N2CCCC2)c1. The first-order valence-electron chi connectivity index (χ1n) is 11.0. The fourth-order valence-electron chi connectivity index (χ4n) is 4.03. The van der Waals surface area contributed by atoms with Gasteiger partial charge in [0, 0.05) is 44.3 Å². The van der Waals surface area contributed by atoms with Crippen LogP contribution < -0.4 is 10.2 Å². The van der Waals surface area contributed by atoms with Gasteiger partial charge in [-0.2, -0.15) is 4.31 Å². The third-order valence-corrected chi connectivity index (χ3v) is 7.72. The molecule has 2 fully saturated rings. The molecule has 0 radical (unpaired) electrons. The van der Waals surface area contributed by atoms with Gasteiger partial charge in [0.05, 0.1) is 10.8 Å². The molecule has 1 amide bonds. The zero-order valence-electron chi connectivity index (χ0n) is 18.2. The summed E-state index contributed by atoms with van der Waals surface area (Å²) in [5.41, 5.74) is 0.340. The number of hydrogen-bond donors (Lipinski definition) is 1. The van der Waals surface area contributed by atoms with E-state index in [-0.39, 0.29) is 10.8 Å². The maximum absolute atomic E-state index is 12.7. The van der Waals surface area contributed by atoms with Crippen LogP contribution in [-0.4, -0.2) is 67.4 Å². The average molecular weight is 474 g/mol. The number of nitrogens with zero attached hydrogens (tertiary/aromatic N) is 4. The molecule has 4 rings (SSSR count). The van der Waals surface area contributed by atoms with Gasteiger partial charge in [0.2, 0.25) is 16.0 Å². The number of rotatable bonds is 7. The summed E-state index contributed by atoms with van der Waals surface area (Å²) >= 11 is 0. The molecule has 2 saturated heterocycles. The number of ether oxygens (including phenoxy) is 1. The highest BCUT2D eigenvalue weighted by Gasteiger charge is 2.29. The van der Waals surface area contributed by atoms with Crippen LogP contribution in [0.3, 0.4) is 0 Å². The number of anilines is 2. The van der Waals surface area contributed by atoms with Crippen molar-refractivity contribution < 1.29 is 22.7 Å². The highest BCUT2D eigenvalue weighted by atomic mass is 32.2. The molecule has 0 atom stereocenters. The maximum atomic E-state index is 12.7. The minimum Gasteiger partial charge on any atom is -0.455 e. The van der Waals surface area contributed by atoms with Crippen molar-refractivity contribution in [3.8, 4) is 0 Å². The van der Waals surface area contributed by atoms with Gasteiger partial charge in [-0.25, -0.2) is 18.4 Å². The third-order valence-electron chi connectivity index (χ3n) is 5.83. The number of nitrogens with one attached hydrogen (secondary N) is 1. The quantitative estimate of drug-likeness (QED) is 0.603. The minimum absolute atomic E-state index is 0.133. The fourth-order valence-corrected chi connectivity index (χ4v) is 5.60. The molecule has 2 aliphatic rings. The molecular formula is C22H27N5O5S. The molecule has 11 heteroatoms. The van der Waals surface area contributed by atoms with Crippen molar-refractivity contribution in [2.24, 2.45) is 5.92 Å². The third kappa shape index (κ3) is 5.66. The zero-order valence-corrected chi connectivity index (χ0v) is 19.0. The molecule has 1 aromatic carbocycles. The van der Waals surface area contributed by atoms with Gasteiger partial charge < -0.3 is 15.0 Å². The lowest BCUT2D eigenvalue weighted by molar-refractivity contribution is -0.152.